The molecule has 5 aromatic rings. The second-order valence-corrected chi connectivity index (χ2v) is 21.6. The number of hydrogen-bond acceptors (Lipinski definition) is 19. The molecule has 0 heterocycles. The van der Waals surface area contributed by atoms with Crippen LogP contribution in [0.25, 0.3) is 0 Å². The number of carbonyl (C=O) groups is 4. The van der Waals surface area contributed by atoms with Crippen molar-refractivity contribution >= 4 is 46.4 Å². The van der Waals surface area contributed by atoms with Crippen LogP contribution in [0.15, 0.2) is 66.7 Å². The van der Waals surface area contributed by atoms with Crippen molar-refractivity contribution in [2.24, 2.45) is 23.7 Å². The Morgan fingerprint density at radius 3 is 1.48 bits per heavy atom. The van der Waals surface area contributed by atoms with Crippen LogP contribution in [0, 0.1) is 33.8 Å². The third-order valence-electron chi connectivity index (χ3n) is 13.1. The van der Waals surface area contributed by atoms with Gasteiger partial charge in [-0.1, -0.05) is 55.4 Å². The summed E-state index contributed by atoms with van der Waals surface area (Å²) in [5.41, 5.74) is -0.505. The molecule has 0 aliphatic rings. The average molecular weight is 1210 g/mol. The maximum atomic E-state index is 15.7. The van der Waals surface area contributed by atoms with Crippen molar-refractivity contribution in [1.82, 2.24) is 0 Å². The molecular formula is C64H84N4O19. The summed E-state index contributed by atoms with van der Waals surface area (Å²) in [4.78, 5) is 72.2. The summed E-state index contributed by atoms with van der Waals surface area (Å²) in [6.07, 6.45) is 1.61. The van der Waals surface area contributed by atoms with Gasteiger partial charge in [0.2, 0.25) is 5.75 Å². The van der Waals surface area contributed by atoms with Crippen LogP contribution in [0.3, 0.4) is 0 Å². The zero-order chi connectivity index (χ0) is 63.9. The lowest BCUT2D eigenvalue weighted by atomic mass is 10.1. The second-order valence-electron chi connectivity index (χ2n) is 21.6. The number of methoxy groups -OCH3 is 7. The van der Waals surface area contributed by atoms with Crippen molar-refractivity contribution in [3.63, 3.8) is 0 Å². The second kappa shape index (κ2) is 33.9. The van der Waals surface area contributed by atoms with Crippen LogP contribution in [0.1, 0.15) is 115 Å². The molecule has 0 atom stereocenters. The fourth-order valence-electron chi connectivity index (χ4n) is 8.43. The minimum Gasteiger partial charge on any atom is -0.497 e. The number of anilines is 3. The molecule has 2 N–H and O–H groups in total. The molecule has 0 saturated heterocycles. The topological polar surface area (TPSA) is 259 Å². The predicted molar refractivity (Wildman–Crippen MR) is 328 cm³/mol. The Hall–Kier alpha value is -8.70. The van der Waals surface area contributed by atoms with Crippen molar-refractivity contribution in [2.45, 2.75) is 74.8 Å². The number of ether oxygens (including phenoxy) is 13. The van der Waals surface area contributed by atoms with E-state index in [2.05, 4.69) is 38.3 Å². The number of amides is 3. The molecule has 23 heteroatoms. The molecule has 87 heavy (non-hydrogen) atoms. The maximum Gasteiger partial charge on any atom is 0.341 e. The van der Waals surface area contributed by atoms with Crippen LogP contribution >= 0.6 is 0 Å². The van der Waals surface area contributed by atoms with E-state index in [-0.39, 0.29) is 143 Å². The summed E-state index contributed by atoms with van der Waals surface area (Å²) in [6.45, 7) is 17.1. The van der Waals surface area contributed by atoms with E-state index in [1.165, 1.54) is 97.1 Å². The van der Waals surface area contributed by atoms with Crippen LogP contribution in [-0.2, 0) is 20.8 Å². The summed E-state index contributed by atoms with van der Waals surface area (Å²) >= 11 is 0. The van der Waals surface area contributed by atoms with Crippen molar-refractivity contribution in [1.29, 1.82) is 0 Å². The molecule has 0 fully saturated rings. The Morgan fingerprint density at radius 2 is 0.954 bits per heavy atom. The highest BCUT2D eigenvalue weighted by molar-refractivity contribution is 6.13. The molecule has 474 valence electrons. The number of esters is 1. The molecule has 5 aromatic carbocycles. The highest BCUT2D eigenvalue weighted by Crippen LogP contribution is 2.43. The van der Waals surface area contributed by atoms with E-state index in [1.807, 2.05) is 27.7 Å². The number of rotatable bonds is 36. The number of nitrogens with one attached hydrogen (secondary N) is 2. The number of nitro groups is 1. The number of nitro benzene ring substituents is 1. The van der Waals surface area contributed by atoms with Gasteiger partial charge in [0.05, 0.1) is 121 Å². The van der Waals surface area contributed by atoms with Gasteiger partial charge in [0.15, 0.2) is 0 Å². The van der Waals surface area contributed by atoms with E-state index in [1.54, 1.807) is 18.2 Å². The van der Waals surface area contributed by atoms with E-state index < -0.39 is 34.3 Å². The maximum absolute atomic E-state index is 15.7. The first kappa shape index (κ1) is 69.1. The Morgan fingerprint density at radius 1 is 0.471 bits per heavy atom. The van der Waals surface area contributed by atoms with Crippen LogP contribution < -0.4 is 62.9 Å². The van der Waals surface area contributed by atoms with E-state index in [4.69, 9.17) is 61.6 Å². The Bertz CT molecular complexity index is 3140. The number of benzene rings is 5. The molecule has 5 rings (SSSR count). The highest BCUT2D eigenvalue weighted by Gasteiger charge is 2.33. The van der Waals surface area contributed by atoms with Crippen LogP contribution in [-0.4, -0.2) is 131 Å². The lowest BCUT2D eigenvalue weighted by molar-refractivity contribution is -0.385. The molecule has 0 aromatic heterocycles. The first-order chi connectivity index (χ1) is 41.6. The molecule has 0 aliphatic carbocycles. The van der Waals surface area contributed by atoms with Gasteiger partial charge >= 0.3 is 11.7 Å². The first-order valence-electron chi connectivity index (χ1n) is 28.5. The van der Waals surface area contributed by atoms with Gasteiger partial charge in [0, 0.05) is 55.2 Å². The normalized spacial score (nSPS) is 11.1. The third-order valence-corrected chi connectivity index (χ3v) is 13.1. The standard InChI is InChI=1S/C64H84N4O19/c1-38(2)18-20-82-22-24-84-55-33-58(85-25-23-83-21-19-39(3)4)49(27-44(55)61(69)65-48-28-47(64(72)81-15)54(78-12)31-57(48)79-13)66-62(70)45-29-50(59(80-14)32-53(45)77-11)67(35-42-16-17-43(75-9)26-52(42)76-10)63(71)46-30-51(68(73)74)60(87-37-41(7)8)34-56(46)86-36-40(5)6/h16-17,26-34,38-41H,18-25,35-37H2,1-15H3,(H,65,69)(H,66,70). The fraction of sp³-hybridized carbons (Fsp3) is 0.469. The van der Waals surface area contributed by atoms with Crippen LogP contribution in [0.4, 0.5) is 22.7 Å². The quantitative estimate of drug-likeness (QED) is 0.0163. The lowest BCUT2D eigenvalue weighted by Crippen LogP contribution is -2.32. The molecule has 0 aliphatic heterocycles. The Balaban J connectivity index is 1.75. The minimum absolute atomic E-state index is 0.00162. The monoisotopic (exact) mass is 1210 g/mol. The molecule has 0 unspecified atom stereocenters. The average Bonchev–Trinajstić information content (AvgIpc) is 1.12. The molecule has 0 bridgehead atoms. The summed E-state index contributed by atoms with van der Waals surface area (Å²) < 4.78 is 75.7. The van der Waals surface area contributed by atoms with E-state index in [0.29, 0.717) is 42.1 Å². The van der Waals surface area contributed by atoms with E-state index in [9.17, 15) is 19.7 Å². The van der Waals surface area contributed by atoms with Crippen LogP contribution in [0.2, 0.25) is 0 Å². The SMILES string of the molecule is COC(=O)c1cc(NC(=O)c2cc(NC(=O)c3cc(N(Cc4ccc(OC)cc4OC)C(=O)c4cc([N+](=O)[O-])c(OCC(C)C)cc4OCC(C)C)c(OC)cc3OC)c(OCCOCCC(C)C)cc2OCCOCCC(C)C)c(OC)cc1OC. The van der Waals surface area contributed by atoms with Gasteiger partial charge in [-0.05, 0) is 66.8 Å². The number of hydrogen-bond donors (Lipinski definition) is 2. The molecule has 0 saturated carbocycles. The van der Waals surface area contributed by atoms with Crippen LogP contribution in [0.5, 0.6) is 57.5 Å². The minimum atomic E-state index is -0.829. The molecule has 0 spiro atoms. The van der Waals surface area contributed by atoms with E-state index >= 15 is 9.59 Å². The largest absolute Gasteiger partial charge is 0.497 e. The van der Waals surface area contributed by atoms with Crippen molar-refractivity contribution in [3.05, 3.63) is 105 Å². The van der Waals surface area contributed by atoms with Crippen molar-refractivity contribution < 1.29 is 85.7 Å². The first-order valence-corrected chi connectivity index (χ1v) is 28.5. The smallest absolute Gasteiger partial charge is 0.341 e. The van der Waals surface area contributed by atoms with Gasteiger partial charge in [-0.2, -0.15) is 0 Å². The summed E-state index contributed by atoms with van der Waals surface area (Å²) in [7, 11) is 9.58. The highest BCUT2D eigenvalue weighted by atomic mass is 16.6. The Labute approximate surface area is 509 Å². The van der Waals surface area contributed by atoms with Gasteiger partial charge in [-0.25, -0.2) is 4.79 Å². The van der Waals surface area contributed by atoms with Gasteiger partial charge in [0.1, 0.15) is 70.5 Å². The summed E-state index contributed by atoms with van der Waals surface area (Å²) in [5.74, 6) is -1.39. The van der Waals surface area contributed by atoms with Gasteiger partial charge in [-0.15, -0.1) is 0 Å². The predicted octanol–water partition coefficient (Wildman–Crippen LogP) is 11.7. The molecule has 0 radical (unpaired) electrons. The number of nitrogens with zero attached hydrogens (tertiary/aromatic N) is 2. The molecule has 23 nitrogen and oxygen atoms in total. The van der Waals surface area contributed by atoms with Gasteiger partial charge in [0.25, 0.3) is 17.7 Å². The number of carbonyl (C=O) groups excluding carboxylic acids is 4. The zero-order valence-corrected chi connectivity index (χ0v) is 52.6. The summed E-state index contributed by atoms with van der Waals surface area (Å²) in [5, 5.41) is 18.5. The zero-order valence-electron chi connectivity index (χ0n) is 52.6. The summed E-state index contributed by atoms with van der Waals surface area (Å²) in [6, 6.07) is 15.8. The fourth-order valence-corrected chi connectivity index (χ4v) is 8.43. The lowest BCUT2D eigenvalue weighted by Gasteiger charge is -2.28. The molecular weight excluding hydrogens is 1130 g/mol. The van der Waals surface area contributed by atoms with E-state index in [0.717, 1.165) is 18.9 Å². The van der Waals surface area contributed by atoms with Gasteiger partial charge < -0.3 is 77.1 Å². The third kappa shape index (κ3) is 19.4. The van der Waals surface area contributed by atoms with Crippen molar-refractivity contribution in [2.75, 3.05) is 118 Å². The molecule has 3 amide bonds. The Kier molecular flexibility index (Phi) is 26.9. The van der Waals surface area contributed by atoms with Gasteiger partial charge in [-0.3, -0.25) is 24.5 Å². The van der Waals surface area contributed by atoms with Crippen molar-refractivity contribution in [3.8, 4) is 57.5 Å².